The van der Waals surface area contributed by atoms with Gasteiger partial charge in [-0.3, -0.25) is 14.9 Å². The number of rotatable bonds is 5. The molecule has 6 heteroatoms. The molecular weight excluding hydrogens is 258 g/mol. The van der Waals surface area contributed by atoms with Crippen molar-refractivity contribution < 1.29 is 9.72 Å². The van der Waals surface area contributed by atoms with Crippen LogP contribution in [0.4, 0.5) is 11.4 Å². The van der Waals surface area contributed by atoms with Crippen molar-refractivity contribution in [3.05, 3.63) is 33.9 Å². The highest BCUT2D eigenvalue weighted by atomic mass is 16.6. The van der Waals surface area contributed by atoms with Gasteiger partial charge in [0, 0.05) is 29.9 Å². The molecule has 0 aliphatic heterocycles. The molecule has 2 N–H and O–H groups in total. The topological polar surface area (TPSA) is 84.3 Å². The van der Waals surface area contributed by atoms with E-state index in [0.29, 0.717) is 17.8 Å². The van der Waals surface area contributed by atoms with Crippen LogP contribution in [0.25, 0.3) is 0 Å². The van der Waals surface area contributed by atoms with Crippen LogP contribution < -0.4 is 10.6 Å². The summed E-state index contributed by atoms with van der Waals surface area (Å²) in [5.74, 6) is -0.320. The van der Waals surface area contributed by atoms with Crippen molar-refractivity contribution >= 4 is 17.3 Å². The standard InChI is InChI=1S/C14H21N3O3/c1-5-8-15-12-7-6-10(17(19)20)9-11(12)13(18)16-14(2,3)4/h6-7,9,15H,5,8H2,1-4H3,(H,16,18). The lowest BCUT2D eigenvalue weighted by Gasteiger charge is -2.21. The summed E-state index contributed by atoms with van der Waals surface area (Å²) in [5.41, 5.74) is 0.414. The Labute approximate surface area is 118 Å². The number of amides is 1. The number of nitrogens with one attached hydrogen (secondary N) is 2. The van der Waals surface area contributed by atoms with Crippen LogP contribution in [0.1, 0.15) is 44.5 Å². The van der Waals surface area contributed by atoms with Gasteiger partial charge in [0.15, 0.2) is 0 Å². The van der Waals surface area contributed by atoms with Crippen LogP contribution in [0.15, 0.2) is 18.2 Å². The molecule has 1 aromatic carbocycles. The van der Waals surface area contributed by atoms with Crippen LogP contribution in [0.5, 0.6) is 0 Å². The van der Waals surface area contributed by atoms with E-state index in [1.54, 1.807) is 6.07 Å². The number of nitro groups is 1. The van der Waals surface area contributed by atoms with Crippen LogP contribution in [0.3, 0.4) is 0 Å². The quantitative estimate of drug-likeness (QED) is 0.641. The molecule has 1 rings (SSSR count). The van der Waals surface area contributed by atoms with Gasteiger partial charge in [-0.1, -0.05) is 6.92 Å². The Kier molecular flexibility index (Phi) is 5.07. The minimum absolute atomic E-state index is 0.0916. The molecule has 1 amide bonds. The smallest absolute Gasteiger partial charge is 0.270 e. The molecule has 0 spiro atoms. The van der Waals surface area contributed by atoms with E-state index >= 15 is 0 Å². The molecule has 0 radical (unpaired) electrons. The Hall–Kier alpha value is -2.11. The predicted octanol–water partition coefficient (Wildman–Crippen LogP) is 2.95. The molecule has 0 aliphatic carbocycles. The zero-order chi connectivity index (χ0) is 15.3. The zero-order valence-corrected chi connectivity index (χ0v) is 12.3. The van der Waals surface area contributed by atoms with Crippen LogP contribution >= 0.6 is 0 Å². The summed E-state index contributed by atoms with van der Waals surface area (Å²) >= 11 is 0. The van der Waals surface area contributed by atoms with Crippen molar-refractivity contribution in [2.75, 3.05) is 11.9 Å². The van der Waals surface area contributed by atoms with Crippen LogP contribution in [-0.2, 0) is 0 Å². The number of anilines is 1. The molecule has 0 aromatic heterocycles. The van der Waals surface area contributed by atoms with Crippen molar-refractivity contribution in [2.45, 2.75) is 39.7 Å². The van der Waals surface area contributed by atoms with E-state index < -0.39 is 10.5 Å². The first-order valence-corrected chi connectivity index (χ1v) is 6.59. The molecule has 0 heterocycles. The van der Waals surface area contributed by atoms with Gasteiger partial charge in [-0.05, 0) is 33.3 Å². The maximum absolute atomic E-state index is 12.2. The van der Waals surface area contributed by atoms with Crippen LogP contribution in [0, 0.1) is 10.1 Å². The number of nitro benzene ring substituents is 1. The number of benzene rings is 1. The SMILES string of the molecule is CCCNc1ccc([N+](=O)[O-])cc1C(=O)NC(C)(C)C. The van der Waals surface area contributed by atoms with E-state index in [4.69, 9.17) is 0 Å². The Morgan fingerprint density at radius 2 is 2.00 bits per heavy atom. The highest BCUT2D eigenvalue weighted by molar-refractivity contribution is 6.00. The van der Waals surface area contributed by atoms with E-state index in [2.05, 4.69) is 10.6 Å². The summed E-state index contributed by atoms with van der Waals surface area (Å²) < 4.78 is 0. The van der Waals surface area contributed by atoms with Gasteiger partial charge in [0.1, 0.15) is 0 Å². The Morgan fingerprint density at radius 3 is 2.50 bits per heavy atom. The Morgan fingerprint density at radius 1 is 1.35 bits per heavy atom. The highest BCUT2D eigenvalue weighted by Crippen LogP contribution is 2.23. The number of nitrogens with zero attached hydrogens (tertiary/aromatic N) is 1. The van der Waals surface area contributed by atoms with Gasteiger partial charge in [-0.2, -0.15) is 0 Å². The zero-order valence-electron chi connectivity index (χ0n) is 12.3. The second-order valence-corrected chi connectivity index (χ2v) is 5.62. The van der Waals surface area contributed by atoms with Crippen molar-refractivity contribution in [2.24, 2.45) is 0 Å². The molecule has 0 aliphatic rings. The van der Waals surface area contributed by atoms with Crippen molar-refractivity contribution in [1.82, 2.24) is 5.32 Å². The van der Waals surface area contributed by atoms with Gasteiger partial charge in [0.05, 0.1) is 10.5 Å². The predicted molar refractivity (Wildman–Crippen MR) is 79.1 cm³/mol. The van der Waals surface area contributed by atoms with Gasteiger partial charge in [-0.15, -0.1) is 0 Å². The molecule has 110 valence electrons. The normalized spacial score (nSPS) is 11.0. The van der Waals surface area contributed by atoms with Crippen LogP contribution in [0.2, 0.25) is 0 Å². The number of hydrogen-bond acceptors (Lipinski definition) is 4. The summed E-state index contributed by atoms with van der Waals surface area (Å²) in [6.45, 7) is 8.30. The lowest BCUT2D eigenvalue weighted by molar-refractivity contribution is -0.384. The monoisotopic (exact) mass is 279 g/mol. The van der Waals surface area contributed by atoms with Gasteiger partial charge in [-0.25, -0.2) is 0 Å². The van der Waals surface area contributed by atoms with Crippen LogP contribution in [-0.4, -0.2) is 22.9 Å². The number of carbonyl (C=O) groups is 1. The van der Waals surface area contributed by atoms with E-state index in [-0.39, 0.29) is 11.6 Å². The van der Waals surface area contributed by atoms with Gasteiger partial charge in [0.2, 0.25) is 0 Å². The first-order valence-electron chi connectivity index (χ1n) is 6.59. The third kappa shape index (κ3) is 4.53. The van der Waals surface area contributed by atoms with Gasteiger partial charge < -0.3 is 10.6 Å². The Balaban J connectivity index is 3.13. The molecule has 0 saturated heterocycles. The van der Waals surface area contributed by atoms with E-state index in [1.807, 2.05) is 27.7 Å². The molecule has 0 unspecified atom stereocenters. The average molecular weight is 279 g/mol. The third-order valence-electron chi connectivity index (χ3n) is 2.51. The number of non-ortho nitro benzene ring substituents is 1. The maximum atomic E-state index is 12.2. The lowest BCUT2D eigenvalue weighted by atomic mass is 10.1. The summed E-state index contributed by atoms with van der Waals surface area (Å²) in [4.78, 5) is 22.6. The molecule has 20 heavy (non-hydrogen) atoms. The molecule has 0 atom stereocenters. The summed E-state index contributed by atoms with van der Waals surface area (Å²) in [7, 11) is 0. The number of hydrogen-bond donors (Lipinski definition) is 2. The lowest BCUT2D eigenvalue weighted by Crippen LogP contribution is -2.40. The summed E-state index contributed by atoms with van der Waals surface area (Å²) in [6, 6.07) is 4.27. The molecule has 0 fully saturated rings. The fourth-order valence-corrected chi connectivity index (χ4v) is 1.66. The fourth-order valence-electron chi connectivity index (χ4n) is 1.66. The third-order valence-corrected chi connectivity index (χ3v) is 2.51. The molecule has 1 aromatic rings. The van der Waals surface area contributed by atoms with Gasteiger partial charge in [0.25, 0.3) is 11.6 Å². The minimum atomic E-state index is -0.503. The van der Waals surface area contributed by atoms with Crippen molar-refractivity contribution in [1.29, 1.82) is 0 Å². The van der Waals surface area contributed by atoms with Crippen molar-refractivity contribution in [3.63, 3.8) is 0 Å². The minimum Gasteiger partial charge on any atom is -0.384 e. The largest absolute Gasteiger partial charge is 0.384 e. The Bertz CT molecular complexity index is 507. The second-order valence-electron chi connectivity index (χ2n) is 5.62. The summed E-state index contributed by atoms with van der Waals surface area (Å²) in [6.07, 6.45) is 0.900. The van der Waals surface area contributed by atoms with Gasteiger partial charge >= 0.3 is 0 Å². The molecular formula is C14H21N3O3. The highest BCUT2D eigenvalue weighted by Gasteiger charge is 2.20. The average Bonchev–Trinajstić information content (AvgIpc) is 2.33. The second kappa shape index (κ2) is 6.36. The summed E-state index contributed by atoms with van der Waals surface area (Å²) in [5, 5.41) is 16.8. The van der Waals surface area contributed by atoms with Crippen molar-refractivity contribution in [3.8, 4) is 0 Å². The van der Waals surface area contributed by atoms with E-state index in [1.165, 1.54) is 12.1 Å². The first-order chi connectivity index (χ1) is 9.24. The first kappa shape index (κ1) is 15.9. The fraction of sp³-hybridized carbons (Fsp3) is 0.500. The molecule has 0 saturated carbocycles. The van der Waals surface area contributed by atoms with E-state index in [9.17, 15) is 14.9 Å². The maximum Gasteiger partial charge on any atom is 0.270 e. The number of carbonyl (C=O) groups excluding carboxylic acids is 1. The molecule has 0 bridgehead atoms. The van der Waals surface area contributed by atoms with E-state index in [0.717, 1.165) is 6.42 Å². The molecule has 6 nitrogen and oxygen atoms in total.